The van der Waals surface area contributed by atoms with Crippen molar-refractivity contribution in [3.8, 4) is 22.8 Å². The Balaban J connectivity index is 1.31. The molecule has 3 heterocycles. The van der Waals surface area contributed by atoms with Gasteiger partial charge in [-0.1, -0.05) is 24.3 Å². The van der Waals surface area contributed by atoms with Crippen molar-refractivity contribution in [2.24, 2.45) is 0 Å². The molecule has 0 spiro atoms. The van der Waals surface area contributed by atoms with E-state index in [0.717, 1.165) is 17.0 Å². The molecule has 0 amide bonds. The Morgan fingerprint density at radius 2 is 1.85 bits per heavy atom. The van der Waals surface area contributed by atoms with E-state index in [1.54, 1.807) is 30.5 Å². The number of hydrogen-bond acceptors (Lipinski definition) is 7. The van der Waals surface area contributed by atoms with Crippen LogP contribution in [0.1, 0.15) is 0 Å². The molecule has 0 saturated carbocycles. The number of rotatable bonds is 6. The van der Waals surface area contributed by atoms with Crippen LogP contribution < -0.4 is 19.9 Å². The van der Waals surface area contributed by atoms with E-state index in [9.17, 15) is 13.2 Å². The van der Waals surface area contributed by atoms with Gasteiger partial charge < -0.3 is 14.0 Å². The summed E-state index contributed by atoms with van der Waals surface area (Å²) in [6.07, 6.45) is -1.09. The van der Waals surface area contributed by atoms with Crippen molar-refractivity contribution < 1.29 is 27.2 Å². The van der Waals surface area contributed by atoms with Crippen molar-refractivity contribution in [3.63, 3.8) is 0 Å². The zero-order valence-corrected chi connectivity index (χ0v) is 17.0. The summed E-state index contributed by atoms with van der Waals surface area (Å²) < 4.78 is 52.3. The van der Waals surface area contributed by atoms with Crippen molar-refractivity contribution in [2.45, 2.75) is 6.36 Å². The van der Waals surface area contributed by atoms with Gasteiger partial charge in [-0.15, -0.1) is 13.2 Å². The molecule has 0 aliphatic carbocycles. The fraction of sp³-hybridized carbons (Fsp3) is 0.130. The molecule has 0 saturated heterocycles. The number of fused-ring (bicyclic) bond motifs is 1. The quantitative estimate of drug-likeness (QED) is 0.436. The highest BCUT2D eigenvalue weighted by Crippen LogP contribution is 2.32. The van der Waals surface area contributed by atoms with E-state index >= 15 is 0 Å². The molecule has 0 unspecified atom stereocenters. The summed E-state index contributed by atoms with van der Waals surface area (Å²) in [5, 5.41) is 6.49. The number of nitrogens with zero attached hydrogens (tertiary/aromatic N) is 3. The number of ether oxygens (including phenoxy) is 2. The molecule has 1 aliphatic heterocycles. The summed E-state index contributed by atoms with van der Waals surface area (Å²) in [7, 11) is 0. The Kier molecular flexibility index (Phi) is 5.35. The predicted octanol–water partition coefficient (Wildman–Crippen LogP) is 5.08. The first kappa shape index (κ1) is 20.8. The third kappa shape index (κ3) is 4.75. The van der Waals surface area contributed by atoms with E-state index in [1.807, 2.05) is 35.5 Å². The standard InChI is InChI=1S/C23H17F3N4O3/c24-23(25,26)32-18-7-4-16(5-8-18)17-6-9-20-19(11-17)22(29-33-20)31-14-15-12-28-30(13-15)21-3-1-2-10-27-21/h1-11,13,28H,12,14H2. The first-order valence-corrected chi connectivity index (χ1v) is 9.96. The Labute approximate surface area is 186 Å². The third-order valence-corrected chi connectivity index (χ3v) is 4.94. The molecule has 2 aromatic heterocycles. The maximum atomic E-state index is 12.4. The lowest BCUT2D eigenvalue weighted by molar-refractivity contribution is -0.274. The van der Waals surface area contributed by atoms with Crippen LogP contribution in [0.4, 0.5) is 19.0 Å². The van der Waals surface area contributed by atoms with Crippen LogP contribution in [0.5, 0.6) is 11.6 Å². The van der Waals surface area contributed by atoms with Gasteiger partial charge in [-0.05, 0) is 52.7 Å². The Bertz CT molecular complexity index is 1290. The van der Waals surface area contributed by atoms with Gasteiger partial charge in [-0.3, -0.25) is 5.01 Å². The second-order valence-electron chi connectivity index (χ2n) is 7.24. The van der Waals surface area contributed by atoms with Crippen molar-refractivity contribution in [1.82, 2.24) is 15.6 Å². The number of hydrazine groups is 1. The van der Waals surface area contributed by atoms with Crippen molar-refractivity contribution in [2.75, 3.05) is 18.2 Å². The van der Waals surface area contributed by atoms with Crippen LogP contribution in [-0.4, -0.2) is 29.7 Å². The summed E-state index contributed by atoms with van der Waals surface area (Å²) >= 11 is 0. The maximum absolute atomic E-state index is 12.4. The summed E-state index contributed by atoms with van der Waals surface area (Å²) in [5.74, 6) is 0.830. The van der Waals surface area contributed by atoms with Gasteiger partial charge in [0, 0.05) is 24.5 Å². The molecule has 0 bridgehead atoms. The van der Waals surface area contributed by atoms with Crippen LogP contribution in [0, 0.1) is 0 Å². The summed E-state index contributed by atoms with van der Waals surface area (Å²) in [4.78, 5) is 4.29. The van der Waals surface area contributed by atoms with E-state index in [2.05, 4.69) is 20.3 Å². The maximum Gasteiger partial charge on any atom is 0.573 e. The van der Waals surface area contributed by atoms with Gasteiger partial charge in [0.1, 0.15) is 18.2 Å². The van der Waals surface area contributed by atoms with E-state index in [4.69, 9.17) is 9.26 Å². The second kappa shape index (κ2) is 8.47. The van der Waals surface area contributed by atoms with Crippen LogP contribution in [0.25, 0.3) is 22.1 Å². The van der Waals surface area contributed by atoms with Crippen molar-refractivity contribution in [1.29, 1.82) is 0 Å². The molecule has 0 atom stereocenters. The molecule has 1 N–H and O–H groups in total. The lowest BCUT2D eigenvalue weighted by Gasteiger charge is -2.13. The average molecular weight is 454 g/mol. The number of alkyl halides is 3. The van der Waals surface area contributed by atoms with Gasteiger partial charge in [-0.25, -0.2) is 10.4 Å². The highest BCUT2D eigenvalue weighted by Gasteiger charge is 2.31. The molecule has 0 radical (unpaired) electrons. The molecule has 33 heavy (non-hydrogen) atoms. The number of nitrogens with one attached hydrogen (secondary N) is 1. The van der Waals surface area contributed by atoms with Gasteiger partial charge in [-0.2, -0.15) is 0 Å². The monoisotopic (exact) mass is 454 g/mol. The molecular weight excluding hydrogens is 437 g/mol. The smallest absolute Gasteiger partial charge is 0.470 e. The zero-order valence-electron chi connectivity index (χ0n) is 17.0. The number of halogens is 3. The SMILES string of the molecule is FC(F)(F)Oc1ccc(-c2ccc3onc(OCC4=CN(c5ccccn5)NC4)c3c2)cc1. The van der Waals surface area contributed by atoms with Gasteiger partial charge >= 0.3 is 6.36 Å². The van der Waals surface area contributed by atoms with E-state index < -0.39 is 6.36 Å². The van der Waals surface area contributed by atoms with E-state index in [0.29, 0.717) is 35.6 Å². The van der Waals surface area contributed by atoms with Gasteiger partial charge in [0.25, 0.3) is 5.88 Å². The number of pyridine rings is 1. The van der Waals surface area contributed by atoms with Crippen LogP contribution in [0.3, 0.4) is 0 Å². The molecule has 10 heteroatoms. The van der Waals surface area contributed by atoms with E-state index in [1.165, 1.54) is 12.1 Å². The van der Waals surface area contributed by atoms with Crippen molar-refractivity contribution >= 4 is 16.8 Å². The fourth-order valence-electron chi connectivity index (χ4n) is 3.40. The number of anilines is 1. The molecule has 0 fully saturated rings. The third-order valence-electron chi connectivity index (χ3n) is 4.94. The highest BCUT2D eigenvalue weighted by molar-refractivity contribution is 5.87. The first-order valence-electron chi connectivity index (χ1n) is 9.96. The Morgan fingerprint density at radius 3 is 2.61 bits per heavy atom. The molecule has 168 valence electrons. The largest absolute Gasteiger partial charge is 0.573 e. The summed E-state index contributed by atoms with van der Waals surface area (Å²) in [6.45, 7) is 0.898. The molecule has 1 aliphatic rings. The molecule has 7 nitrogen and oxygen atoms in total. The summed E-state index contributed by atoms with van der Waals surface area (Å²) in [5.41, 5.74) is 6.24. The van der Waals surface area contributed by atoms with E-state index in [-0.39, 0.29) is 5.75 Å². The lowest BCUT2D eigenvalue weighted by atomic mass is 10.0. The Morgan fingerprint density at radius 1 is 1.03 bits per heavy atom. The highest BCUT2D eigenvalue weighted by atomic mass is 19.4. The minimum atomic E-state index is -4.73. The van der Waals surface area contributed by atoms with Crippen molar-refractivity contribution in [3.05, 3.63) is 78.6 Å². The average Bonchev–Trinajstić information content (AvgIpc) is 3.44. The first-order chi connectivity index (χ1) is 15.9. The van der Waals surface area contributed by atoms with Crippen LogP contribution in [0.2, 0.25) is 0 Å². The number of hydrogen-bond donors (Lipinski definition) is 1. The van der Waals surface area contributed by atoms with Crippen LogP contribution >= 0.6 is 0 Å². The second-order valence-corrected chi connectivity index (χ2v) is 7.24. The van der Waals surface area contributed by atoms with Gasteiger partial charge in [0.15, 0.2) is 5.58 Å². The molecule has 4 aromatic rings. The van der Waals surface area contributed by atoms with Gasteiger partial charge in [0.05, 0.1) is 5.39 Å². The van der Waals surface area contributed by atoms with Crippen LogP contribution in [-0.2, 0) is 0 Å². The number of aromatic nitrogens is 2. The zero-order chi connectivity index (χ0) is 22.8. The number of benzene rings is 2. The van der Waals surface area contributed by atoms with Crippen LogP contribution in [0.15, 0.2) is 83.2 Å². The van der Waals surface area contributed by atoms with Gasteiger partial charge in [0.2, 0.25) is 0 Å². The Hall–Kier alpha value is -4.05. The molecular formula is C23H17F3N4O3. The fourth-order valence-corrected chi connectivity index (χ4v) is 3.40. The minimum absolute atomic E-state index is 0.278. The lowest BCUT2D eigenvalue weighted by Crippen LogP contribution is -2.29. The summed E-state index contributed by atoms with van der Waals surface area (Å²) in [6, 6.07) is 16.6. The minimum Gasteiger partial charge on any atom is -0.470 e. The predicted molar refractivity (Wildman–Crippen MR) is 114 cm³/mol. The molecule has 2 aromatic carbocycles. The normalized spacial score (nSPS) is 13.9. The molecule has 5 rings (SSSR count). The topological polar surface area (TPSA) is 72.7 Å².